The summed E-state index contributed by atoms with van der Waals surface area (Å²) in [7, 11) is 0. The Hall–Kier alpha value is -0.220. The van der Waals surface area contributed by atoms with Gasteiger partial charge >= 0.3 is 0 Å². The zero-order chi connectivity index (χ0) is 7.56. The molecule has 0 aromatic heterocycles. The van der Waals surface area contributed by atoms with Crippen LogP contribution >= 0.6 is 12.6 Å². The summed E-state index contributed by atoms with van der Waals surface area (Å²) in [4.78, 5) is 16.0. The van der Waals surface area contributed by atoms with Crippen LogP contribution in [0.3, 0.4) is 0 Å². The average Bonchev–Trinajstić information content (AvgIpc) is 2.20. The fourth-order valence-corrected chi connectivity index (χ4v) is 1.17. The van der Waals surface area contributed by atoms with Crippen molar-refractivity contribution in [1.82, 2.24) is 5.06 Å². The van der Waals surface area contributed by atoms with E-state index in [1.807, 2.05) is 6.92 Å². The standard InChI is InChI=1S/C6H11NO2S/c1-2-9-7-4-3-5(10)6(7)8/h5,10H,2-4H2,1H3. The number of thiol groups is 1. The number of hydrogen-bond acceptors (Lipinski definition) is 3. The minimum absolute atomic E-state index is 0.00909. The second-order valence-electron chi connectivity index (χ2n) is 2.16. The van der Waals surface area contributed by atoms with E-state index in [9.17, 15) is 4.79 Å². The summed E-state index contributed by atoms with van der Waals surface area (Å²) in [5.41, 5.74) is 0. The Morgan fingerprint density at radius 1 is 1.90 bits per heavy atom. The normalized spacial score (nSPS) is 26.0. The smallest absolute Gasteiger partial charge is 0.259 e. The first kappa shape index (κ1) is 7.88. The summed E-state index contributed by atoms with van der Waals surface area (Å²) in [6.07, 6.45) is 0.794. The fourth-order valence-electron chi connectivity index (χ4n) is 0.923. The van der Waals surface area contributed by atoms with Crippen LogP contribution < -0.4 is 0 Å². The van der Waals surface area contributed by atoms with Crippen molar-refractivity contribution in [3.05, 3.63) is 0 Å². The highest BCUT2D eigenvalue weighted by Crippen LogP contribution is 2.15. The van der Waals surface area contributed by atoms with Crippen LogP contribution in [0.5, 0.6) is 0 Å². The molecule has 3 nitrogen and oxygen atoms in total. The van der Waals surface area contributed by atoms with Gasteiger partial charge in [-0.1, -0.05) is 0 Å². The lowest BCUT2D eigenvalue weighted by atomic mass is 10.4. The Balaban J connectivity index is 2.41. The number of nitrogens with zero attached hydrogens (tertiary/aromatic N) is 1. The second-order valence-corrected chi connectivity index (χ2v) is 2.79. The molecule has 0 aliphatic carbocycles. The van der Waals surface area contributed by atoms with Crippen molar-refractivity contribution in [2.24, 2.45) is 0 Å². The van der Waals surface area contributed by atoms with E-state index in [1.54, 1.807) is 0 Å². The fraction of sp³-hybridized carbons (Fsp3) is 0.833. The van der Waals surface area contributed by atoms with Crippen molar-refractivity contribution in [2.45, 2.75) is 18.6 Å². The van der Waals surface area contributed by atoms with Gasteiger partial charge in [0.25, 0.3) is 5.91 Å². The summed E-state index contributed by atoms with van der Waals surface area (Å²) in [5, 5.41) is 1.24. The molecule has 1 amide bonds. The lowest BCUT2D eigenvalue weighted by Crippen LogP contribution is -2.27. The largest absolute Gasteiger partial charge is 0.271 e. The summed E-state index contributed by atoms with van der Waals surface area (Å²) >= 11 is 4.07. The van der Waals surface area contributed by atoms with Crippen LogP contribution in [0.2, 0.25) is 0 Å². The first-order chi connectivity index (χ1) is 4.75. The highest BCUT2D eigenvalue weighted by atomic mass is 32.1. The molecule has 1 aliphatic rings. The maximum absolute atomic E-state index is 11.0. The first-order valence-corrected chi connectivity index (χ1v) is 3.89. The molecule has 1 saturated heterocycles. The molecule has 1 heterocycles. The molecule has 1 atom stereocenters. The molecule has 1 aliphatic heterocycles. The van der Waals surface area contributed by atoms with Gasteiger partial charge in [-0.25, -0.2) is 5.06 Å². The highest BCUT2D eigenvalue weighted by molar-refractivity contribution is 7.81. The van der Waals surface area contributed by atoms with Gasteiger partial charge in [0.1, 0.15) is 0 Å². The molecule has 0 saturated carbocycles. The quantitative estimate of drug-likeness (QED) is 0.596. The first-order valence-electron chi connectivity index (χ1n) is 3.38. The summed E-state index contributed by atoms with van der Waals surface area (Å²) in [6.45, 7) is 3.09. The third-order valence-electron chi connectivity index (χ3n) is 1.42. The summed E-state index contributed by atoms with van der Waals surface area (Å²) in [6, 6.07) is 0. The number of carbonyl (C=O) groups is 1. The van der Waals surface area contributed by atoms with Crippen molar-refractivity contribution in [2.75, 3.05) is 13.2 Å². The predicted molar refractivity (Wildman–Crippen MR) is 40.7 cm³/mol. The lowest BCUT2D eigenvalue weighted by molar-refractivity contribution is -0.175. The Labute approximate surface area is 65.7 Å². The van der Waals surface area contributed by atoms with Crippen LogP contribution in [0, 0.1) is 0 Å². The molecule has 58 valence electrons. The Bertz CT molecular complexity index is 138. The Morgan fingerprint density at radius 3 is 3.00 bits per heavy atom. The van der Waals surface area contributed by atoms with Crippen LogP contribution in [0.4, 0.5) is 0 Å². The van der Waals surface area contributed by atoms with Crippen molar-refractivity contribution < 1.29 is 9.63 Å². The van der Waals surface area contributed by atoms with Crippen LogP contribution in [0.15, 0.2) is 0 Å². The Morgan fingerprint density at radius 2 is 2.60 bits per heavy atom. The van der Waals surface area contributed by atoms with E-state index in [2.05, 4.69) is 12.6 Å². The molecule has 1 unspecified atom stereocenters. The molecule has 1 fully saturated rings. The summed E-state index contributed by atoms with van der Waals surface area (Å²) in [5.74, 6) is -0.00909. The van der Waals surface area contributed by atoms with E-state index in [4.69, 9.17) is 4.84 Å². The van der Waals surface area contributed by atoms with Gasteiger partial charge in [0.2, 0.25) is 0 Å². The highest BCUT2D eigenvalue weighted by Gasteiger charge is 2.29. The predicted octanol–water partition coefficient (Wildman–Crippen LogP) is 0.469. The van der Waals surface area contributed by atoms with E-state index in [0.29, 0.717) is 13.2 Å². The maximum Gasteiger partial charge on any atom is 0.259 e. The van der Waals surface area contributed by atoms with Gasteiger partial charge in [0, 0.05) is 0 Å². The zero-order valence-electron chi connectivity index (χ0n) is 5.91. The topological polar surface area (TPSA) is 29.5 Å². The average molecular weight is 161 g/mol. The zero-order valence-corrected chi connectivity index (χ0v) is 6.80. The molecule has 0 aromatic carbocycles. The molecule has 0 N–H and O–H groups in total. The third-order valence-corrected chi connectivity index (χ3v) is 1.90. The Kier molecular flexibility index (Phi) is 2.56. The van der Waals surface area contributed by atoms with Crippen LogP contribution in [0.1, 0.15) is 13.3 Å². The molecular formula is C6H11NO2S. The van der Waals surface area contributed by atoms with Crippen molar-refractivity contribution in [1.29, 1.82) is 0 Å². The molecular weight excluding hydrogens is 150 g/mol. The number of hydroxylamine groups is 2. The number of rotatable bonds is 2. The van der Waals surface area contributed by atoms with Gasteiger partial charge in [-0.3, -0.25) is 9.63 Å². The molecule has 0 spiro atoms. The SMILES string of the molecule is CCON1CCC(S)C1=O. The van der Waals surface area contributed by atoms with E-state index in [-0.39, 0.29) is 11.2 Å². The van der Waals surface area contributed by atoms with Gasteiger partial charge in [-0.15, -0.1) is 0 Å². The van der Waals surface area contributed by atoms with Crippen LogP contribution in [-0.2, 0) is 9.63 Å². The van der Waals surface area contributed by atoms with Crippen LogP contribution in [0.25, 0.3) is 0 Å². The van der Waals surface area contributed by atoms with Crippen LogP contribution in [-0.4, -0.2) is 29.4 Å². The molecule has 1 rings (SSSR count). The van der Waals surface area contributed by atoms with E-state index >= 15 is 0 Å². The number of hydrogen-bond donors (Lipinski definition) is 1. The van der Waals surface area contributed by atoms with Gasteiger partial charge in [0.05, 0.1) is 18.4 Å². The minimum atomic E-state index is -0.147. The third kappa shape index (κ3) is 1.44. The van der Waals surface area contributed by atoms with Gasteiger partial charge in [-0.2, -0.15) is 12.6 Å². The summed E-state index contributed by atoms with van der Waals surface area (Å²) < 4.78 is 0. The molecule has 0 radical (unpaired) electrons. The van der Waals surface area contributed by atoms with Gasteiger partial charge in [-0.05, 0) is 13.3 Å². The van der Waals surface area contributed by atoms with E-state index < -0.39 is 0 Å². The number of amides is 1. The minimum Gasteiger partial charge on any atom is -0.271 e. The van der Waals surface area contributed by atoms with Crippen molar-refractivity contribution in [3.8, 4) is 0 Å². The maximum atomic E-state index is 11.0. The molecule has 4 heteroatoms. The van der Waals surface area contributed by atoms with Crippen molar-refractivity contribution in [3.63, 3.8) is 0 Å². The number of carbonyl (C=O) groups excluding carboxylic acids is 1. The molecule has 10 heavy (non-hydrogen) atoms. The van der Waals surface area contributed by atoms with E-state index in [0.717, 1.165) is 6.42 Å². The van der Waals surface area contributed by atoms with E-state index in [1.165, 1.54) is 5.06 Å². The molecule has 0 bridgehead atoms. The molecule has 0 aromatic rings. The lowest BCUT2D eigenvalue weighted by Gasteiger charge is -2.13. The van der Waals surface area contributed by atoms with Gasteiger partial charge in [0.15, 0.2) is 0 Å². The monoisotopic (exact) mass is 161 g/mol. The van der Waals surface area contributed by atoms with Gasteiger partial charge < -0.3 is 0 Å². The van der Waals surface area contributed by atoms with Crippen molar-refractivity contribution >= 4 is 18.5 Å². The second kappa shape index (κ2) is 3.25.